The average Bonchev–Trinajstić information content (AvgIpc) is 1.85. The molecule has 1 aromatic rings. The Kier molecular flexibility index (Phi) is 3.51. The minimum atomic E-state index is 0.495. The highest BCUT2D eigenvalue weighted by Gasteiger charge is 1.95. The first kappa shape index (κ1) is 9.19. The lowest BCUT2D eigenvalue weighted by Gasteiger charge is -1.97. The Morgan fingerprint density at radius 1 is 1.45 bits per heavy atom. The molecule has 0 spiro atoms. The molecule has 0 N–H and O–H groups in total. The molecule has 1 aromatic carbocycles. The molecule has 0 saturated heterocycles. The first-order valence-corrected chi connectivity index (χ1v) is 4.98. The van der Waals surface area contributed by atoms with Crippen molar-refractivity contribution in [3.05, 3.63) is 31.8 Å². The summed E-state index contributed by atoms with van der Waals surface area (Å²) in [6.45, 7) is 0. The second-order valence-corrected chi connectivity index (χ2v) is 4.31. The van der Waals surface area contributed by atoms with E-state index in [1.165, 1.54) is 0 Å². The third-order valence-corrected chi connectivity index (χ3v) is 2.32. The van der Waals surface area contributed by atoms with E-state index in [1.807, 2.05) is 18.2 Å². The third kappa shape index (κ3) is 2.91. The molecule has 0 atom stereocenters. The van der Waals surface area contributed by atoms with Crippen LogP contribution in [0.15, 0.2) is 22.7 Å². The van der Waals surface area contributed by atoms with Crippen LogP contribution in [-0.4, -0.2) is 6.29 Å². The van der Waals surface area contributed by atoms with Gasteiger partial charge in [-0.2, -0.15) is 0 Å². The fourth-order valence-corrected chi connectivity index (χ4v) is 2.53. The van der Waals surface area contributed by atoms with Crippen molar-refractivity contribution in [2.75, 3.05) is 0 Å². The fourth-order valence-electron chi connectivity index (χ4n) is 0.825. The lowest BCUT2D eigenvalue weighted by Crippen LogP contribution is -1.86. The van der Waals surface area contributed by atoms with E-state index in [1.54, 1.807) is 0 Å². The Hall–Kier alpha value is 0.1000. The van der Waals surface area contributed by atoms with Gasteiger partial charge in [0.25, 0.3) is 0 Å². The van der Waals surface area contributed by atoms with E-state index in [4.69, 9.17) is 0 Å². The Bertz CT molecular complexity index is 253. The van der Waals surface area contributed by atoms with E-state index < -0.39 is 0 Å². The molecule has 0 radical (unpaired) electrons. The van der Waals surface area contributed by atoms with Crippen LogP contribution in [0.2, 0.25) is 0 Å². The van der Waals surface area contributed by atoms with Crippen molar-refractivity contribution in [2.24, 2.45) is 0 Å². The summed E-state index contributed by atoms with van der Waals surface area (Å²) in [4.78, 5) is 10.2. The molecule has 58 valence electrons. The van der Waals surface area contributed by atoms with Crippen molar-refractivity contribution in [2.45, 2.75) is 6.42 Å². The second kappa shape index (κ2) is 4.21. The third-order valence-electron chi connectivity index (χ3n) is 1.24. The van der Waals surface area contributed by atoms with E-state index in [0.29, 0.717) is 6.42 Å². The summed E-state index contributed by atoms with van der Waals surface area (Å²) in [6, 6.07) is 5.96. The van der Waals surface area contributed by atoms with Crippen molar-refractivity contribution < 1.29 is 4.79 Å². The Labute approximate surface area is 87.5 Å². The normalized spacial score (nSPS) is 9.64. The summed E-state index contributed by atoms with van der Waals surface area (Å²) in [5.41, 5.74) is 1.05. The van der Waals surface area contributed by atoms with E-state index in [9.17, 15) is 4.79 Å². The molecule has 3 heteroatoms. The lowest BCUT2D eigenvalue weighted by atomic mass is 10.2. The summed E-state index contributed by atoms with van der Waals surface area (Å²) in [5.74, 6) is 0. The Balaban J connectivity index is 2.98. The van der Waals surface area contributed by atoms with Crippen LogP contribution >= 0.6 is 38.5 Å². The van der Waals surface area contributed by atoms with Crippen LogP contribution in [0.25, 0.3) is 0 Å². The number of carbonyl (C=O) groups excluding carboxylic acids is 1. The smallest absolute Gasteiger partial charge is 0.124 e. The van der Waals surface area contributed by atoms with Crippen LogP contribution in [0, 0.1) is 3.57 Å². The van der Waals surface area contributed by atoms with Gasteiger partial charge in [-0.25, -0.2) is 0 Å². The molecule has 0 bridgehead atoms. The van der Waals surface area contributed by atoms with Gasteiger partial charge in [0.2, 0.25) is 0 Å². The van der Waals surface area contributed by atoms with Crippen LogP contribution in [0.4, 0.5) is 0 Å². The largest absolute Gasteiger partial charge is 0.303 e. The molecule has 11 heavy (non-hydrogen) atoms. The molecule has 0 heterocycles. The summed E-state index contributed by atoms with van der Waals surface area (Å²) < 4.78 is 2.18. The number of hydrogen-bond acceptors (Lipinski definition) is 1. The van der Waals surface area contributed by atoms with Gasteiger partial charge in [0.15, 0.2) is 0 Å². The van der Waals surface area contributed by atoms with Gasteiger partial charge < -0.3 is 4.79 Å². The zero-order valence-corrected chi connectivity index (χ0v) is 9.42. The lowest BCUT2D eigenvalue weighted by molar-refractivity contribution is -0.107. The van der Waals surface area contributed by atoms with Crippen LogP contribution in [0.5, 0.6) is 0 Å². The molecular weight excluding hydrogens is 319 g/mol. The van der Waals surface area contributed by atoms with E-state index in [0.717, 1.165) is 19.9 Å². The van der Waals surface area contributed by atoms with Crippen molar-refractivity contribution in [1.29, 1.82) is 0 Å². The molecule has 1 rings (SSSR count). The molecule has 0 fully saturated rings. The zero-order chi connectivity index (χ0) is 8.27. The molecule has 1 nitrogen and oxygen atoms in total. The molecule has 0 aliphatic rings. The van der Waals surface area contributed by atoms with Crippen LogP contribution < -0.4 is 0 Å². The summed E-state index contributed by atoms with van der Waals surface area (Å²) in [7, 11) is 0. The molecule has 0 unspecified atom stereocenters. The monoisotopic (exact) mass is 324 g/mol. The van der Waals surface area contributed by atoms with Gasteiger partial charge in [0.05, 0.1) is 0 Å². The first-order valence-electron chi connectivity index (χ1n) is 3.11. The highest BCUT2D eigenvalue weighted by Crippen LogP contribution is 2.17. The second-order valence-electron chi connectivity index (χ2n) is 2.15. The maximum Gasteiger partial charge on any atom is 0.124 e. The summed E-state index contributed by atoms with van der Waals surface area (Å²) >= 11 is 5.59. The maximum absolute atomic E-state index is 10.2. The first-order chi connectivity index (χ1) is 5.22. The predicted molar refractivity (Wildman–Crippen MR) is 56.6 cm³/mol. The number of halogens is 2. The van der Waals surface area contributed by atoms with Gasteiger partial charge >= 0.3 is 0 Å². The van der Waals surface area contributed by atoms with E-state index in [-0.39, 0.29) is 0 Å². The van der Waals surface area contributed by atoms with Crippen molar-refractivity contribution in [1.82, 2.24) is 0 Å². The maximum atomic E-state index is 10.2. The van der Waals surface area contributed by atoms with E-state index >= 15 is 0 Å². The minimum absolute atomic E-state index is 0.495. The highest BCUT2D eigenvalue weighted by atomic mass is 127. The number of rotatable bonds is 2. The summed E-state index contributed by atoms with van der Waals surface area (Å²) in [5, 5.41) is 0. The number of benzene rings is 1. The van der Waals surface area contributed by atoms with E-state index in [2.05, 4.69) is 38.5 Å². The van der Waals surface area contributed by atoms with Crippen LogP contribution in [0.3, 0.4) is 0 Å². The minimum Gasteiger partial charge on any atom is -0.303 e. The molecule has 0 aliphatic carbocycles. The SMILES string of the molecule is O=CCc1cc(Br)cc(I)c1. The van der Waals surface area contributed by atoms with Gasteiger partial charge in [-0.05, 0) is 46.4 Å². The predicted octanol–water partition coefficient (Wildman–Crippen LogP) is 2.80. The van der Waals surface area contributed by atoms with Crippen LogP contribution in [-0.2, 0) is 11.2 Å². The number of aldehydes is 1. The molecule has 0 aromatic heterocycles. The molecule has 0 aliphatic heterocycles. The van der Waals surface area contributed by atoms with Crippen molar-refractivity contribution in [3.8, 4) is 0 Å². The molecule has 0 saturated carbocycles. The molecule has 0 amide bonds. The average molecular weight is 325 g/mol. The summed E-state index contributed by atoms with van der Waals surface area (Å²) in [6.07, 6.45) is 1.41. The quantitative estimate of drug-likeness (QED) is 0.604. The van der Waals surface area contributed by atoms with Crippen molar-refractivity contribution in [3.63, 3.8) is 0 Å². The fraction of sp³-hybridized carbons (Fsp3) is 0.125. The Morgan fingerprint density at radius 2 is 2.18 bits per heavy atom. The van der Waals surface area contributed by atoms with Gasteiger partial charge in [0.1, 0.15) is 6.29 Å². The Morgan fingerprint density at radius 3 is 2.73 bits per heavy atom. The number of hydrogen-bond donors (Lipinski definition) is 0. The van der Waals surface area contributed by atoms with Gasteiger partial charge in [-0.3, -0.25) is 0 Å². The van der Waals surface area contributed by atoms with Crippen LogP contribution in [0.1, 0.15) is 5.56 Å². The highest BCUT2D eigenvalue weighted by molar-refractivity contribution is 14.1. The number of carbonyl (C=O) groups is 1. The standard InChI is InChI=1S/C8H6BrIO/c9-7-3-6(1-2-11)4-8(10)5-7/h2-5H,1H2. The molecular formula is C8H6BrIO. The van der Waals surface area contributed by atoms with Gasteiger partial charge in [0, 0.05) is 14.5 Å². The van der Waals surface area contributed by atoms with Gasteiger partial charge in [-0.1, -0.05) is 15.9 Å². The topological polar surface area (TPSA) is 17.1 Å². The van der Waals surface area contributed by atoms with Crippen molar-refractivity contribution >= 4 is 44.8 Å². The zero-order valence-electron chi connectivity index (χ0n) is 5.68. The van der Waals surface area contributed by atoms with Gasteiger partial charge in [-0.15, -0.1) is 0 Å².